The van der Waals surface area contributed by atoms with Gasteiger partial charge in [0.1, 0.15) is 0 Å². The smallest absolute Gasteiger partial charge is 0.253 e. The molecular formula is C26H29ClN4O2. The average Bonchev–Trinajstić information content (AvgIpc) is 3.10. The minimum absolute atomic E-state index is 0.0155. The molecular weight excluding hydrogens is 436 g/mol. The van der Waals surface area contributed by atoms with Gasteiger partial charge in [0.25, 0.3) is 5.91 Å². The van der Waals surface area contributed by atoms with Crippen LogP contribution >= 0.6 is 11.6 Å². The minimum atomic E-state index is -0.213. The first-order chi connectivity index (χ1) is 15.9. The number of aromatic nitrogens is 2. The second kappa shape index (κ2) is 10.2. The molecule has 1 saturated heterocycles. The summed E-state index contributed by atoms with van der Waals surface area (Å²) >= 11 is 5.93. The van der Waals surface area contributed by atoms with Crippen LogP contribution in [0.1, 0.15) is 45.7 Å². The molecule has 2 aromatic carbocycles. The van der Waals surface area contributed by atoms with Crippen LogP contribution < -0.4 is 5.32 Å². The molecule has 1 atom stereocenters. The molecule has 33 heavy (non-hydrogen) atoms. The number of halogens is 1. The van der Waals surface area contributed by atoms with E-state index in [9.17, 15) is 9.59 Å². The molecule has 3 aromatic rings. The summed E-state index contributed by atoms with van der Waals surface area (Å²) < 4.78 is 1.99. The Labute approximate surface area is 199 Å². The van der Waals surface area contributed by atoms with Crippen molar-refractivity contribution in [3.8, 4) is 0 Å². The number of carbonyl (C=O) groups is 2. The molecule has 1 aliphatic heterocycles. The fraction of sp³-hybridized carbons (Fsp3) is 0.346. The Hall–Kier alpha value is -3.12. The molecule has 1 fully saturated rings. The normalized spacial score (nSPS) is 16.0. The zero-order chi connectivity index (χ0) is 23.4. The van der Waals surface area contributed by atoms with Crippen molar-refractivity contribution >= 4 is 23.4 Å². The maximum Gasteiger partial charge on any atom is 0.253 e. The van der Waals surface area contributed by atoms with Gasteiger partial charge in [-0.15, -0.1) is 0 Å². The zero-order valence-corrected chi connectivity index (χ0v) is 19.8. The van der Waals surface area contributed by atoms with Crippen LogP contribution in [0.15, 0.2) is 54.6 Å². The Morgan fingerprint density at radius 2 is 1.82 bits per heavy atom. The first-order valence-electron chi connectivity index (χ1n) is 11.3. The quantitative estimate of drug-likeness (QED) is 0.589. The lowest BCUT2D eigenvalue weighted by atomic mass is 9.96. The number of aryl methyl sites for hydroxylation is 1. The molecule has 0 bridgehead atoms. The molecule has 1 N–H and O–H groups in total. The Morgan fingerprint density at radius 1 is 1.09 bits per heavy atom. The second-order valence-corrected chi connectivity index (χ2v) is 9.04. The van der Waals surface area contributed by atoms with E-state index < -0.39 is 0 Å². The summed E-state index contributed by atoms with van der Waals surface area (Å²) in [6, 6.07) is 17.1. The fourth-order valence-corrected chi connectivity index (χ4v) is 4.50. The molecule has 0 saturated carbocycles. The van der Waals surface area contributed by atoms with Gasteiger partial charge in [-0.2, -0.15) is 5.10 Å². The van der Waals surface area contributed by atoms with Gasteiger partial charge in [0.15, 0.2) is 0 Å². The topological polar surface area (TPSA) is 67.2 Å². The van der Waals surface area contributed by atoms with Crippen LogP contribution in [-0.2, 0) is 17.9 Å². The molecule has 2 heterocycles. The number of rotatable bonds is 6. The van der Waals surface area contributed by atoms with Crippen LogP contribution in [0, 0.1) is 19.8 Å². The van der Waals surface area contributed by atoms with E-state index in [4.69, 9.17) is 11.6 Å². The first-order valence-corrected chi connectivity index (χ1v) is 11.7. The minimum Gasteiger partial charge on any atom is -0.352 e. The molecule has 0 radical (unpaired) electrons. The van der Waals surface area contributed by atoms with Gasteiger partial charge in [-0.1, -0.05) is 41.9 Å². The lowest BCUT2D eigenvalue weighted by Crippen LogP contribution is -2.45. The number of benzene rings is 2. The van der Waals surface area contributed by atoms with Crippen molar-refractivity contribution in [2.24, 2.45) is 5.92 Å². The number of piperidine rings is 1. The van der Waals surface area contributed by atoms with Crippen molar-refractivity contribution in [3.63, 3.8) is 0 Å². The largest absolute Gasteiger partial charge is 0.352 e. The Balaban J connectivity index is 1.36. The van der Waals surface area contributed by atoms with Gasteiger partial charge in [-0.3, -0.25) is 14.3 Å². The third kappa shape index (κ3) is 5.45. The van der Waals surface area contributed by atoms with Crippen molar-refractivity contribution < 1.29 is 9.59 Å². The Kier molecular flexibility index (Phi) is 7.14. The predicted molar refractivity (Wildman–Crippen MR) is 129 cm³/mol. The SMILES string of the molecule is Cc1nn(Cc2ccccc2)c(C)c1CNC(=O)[C@@H]1CCCN(C(=O)c2ccc(Cl)cc2)C1. The van der Waals surface area contributed by atoms with Crippen molar-refractivity contribution in [2.75, 3.05) is 13.1 Å². The first kappa shape index (κ1) is 23.1. The zero-order valence-electron chi connectivity index (χ0n) is 19.1. The third-order valence-electron chi connectivity index (χ3n) is 6.32. The van der Waals surface area contributed by atoms with E-state index in [-0.39, 0.29) is 17.7 Å². The van der Waals surface area contributed by atoms with Crippen LogP contribution in [0.25, 0.3) is 0 Å². The van der Waals surface area contributed by atoms with Crippen molar-refractivity contribution in [3.05, 3.63) is 87.7 Å². The molecule has 4 rings (SSSR count). The van der Waals surface area contributed by atoms with Gasteiger partial charge in [0.05, 0.1) is 18.2 Å². The summed E-state index contributed by atoms with van der Waals surface area (Å²) in [4.78, 5) is 27.6. The number of hydrogen-bond donors (Lipinski definition) is 1. The molecule has 6 nitrogen and oxygen atoms in total. The predicted octanol–water partition coefficient (Wildman–Crippen LogP) is 4.37. The number of nitrogens with zero attached hydrogens (tertiary/aromatic N) is 3. The van der Waals surface area contributed by atoms with E-state index in [0.29, 0.717) is 36.8 Å². The van der Waals surface area contributed by atoms with Gasteiger partial charge in [-0.05, 0) is 56.5 Å². The lowest BCUT2D eigenvalue weighted by molar-refractivity contribution is -0.126. The molecule has 172 valence electrons. The fourth-order valence-electron chi connectivity index (χ4n) is 4.37. The monoisotopic (exact) mass is 464 g/mol. The van der Waals surface area contributed by atoms with E-state index in [1.54, 1.807) is 29.2 Å². The van der Waals surface area contributed by atoms with Crippen LogP contribution in [0.2, 0.25) is 5.02 Å². The summed E-state index contributed by atoms with van der Waals surface area (Å²) in [6.45, 7) is 6.24. The third-order valence-corrected chi connectivity index (χ3v) is 6.57. The Bertz CT molecular complexity index is 1130. The van der Waals surface area contributed by atoms with Crippen LogP contribution in [-0.4, -0.2) is 39.6 Å². The maximum atomic E-state index is 12.9. The highest BCUT2D eigenvalue weighted by Gasteiger charge is 2.29. The molecule has 1 aromatic heterocycles. The van der Waals surface area contributed by atoms with Gasteiger partial charge >= 0.3 is 0 Å². The van der Waals surface area contributed by atoms with Gasteiger partial charge in [-0.25, -0.2) is 0 Å². The molecule has 0 aliphatic carbocycles. The molecule has 0 spiro atoms. The van der Waals surface area contributed by atoms with Crippen molar-refractivity contribution in [1.82, 2.24) is 20.0 Å². The van der Waals surface area contributed by atoms with Crippen molar-refractivity contribution in [1.29, 1.82) is 0 Å². The summed E-state index contributed by atoms with van der Waals surface area (Å²) in [5.41, 5.74) is 4.81. The highest BCUT2D eigenvalue weighted by atomic mass is 35.5. The van der Waals surface area contributed by atoms with Gasteiger partial charge < -0.3 is 10.2 Å². The van der Waals surface area contributed by atoms with E-state index in [0.717, 1.165) is 29.8 Å². The molecule has 7 heteroatoms. The highest BCUT2D eigenvalue weighted by molar-refractivity contribution is 6.30. The summed E-state index contributed by atoms with van der Waals surface area (Å²) in [5.74, 6) is -0.286. The standard InChI is InChI=1S/C26H29ClN4O2/c1-18-24(19(2)31(29-18)16-20-7-4-3-5-8-20)15-28-25(32)22-9-6-14-30(17-22)26(33)21-10-12-23(27)13-11-21/h3-5,7-8,10-13,22H,6,9,14-17H2,1-2H3,(H,28,32)/t22-/m1/s1. The van der Waals surface area contributed by atoms with Crippen LogP contribution in [0.4, 0.5) is 0 Å². The summed E-state index contributed by atoms with van der Waals surface area (Å²) in [6.07, 6.45) is 1.59. The van der Waals surface area contributed by atoms with E-state index in [1.165, 1.54) is 5.56 Å². The van der Waals surface area contributed by atoms with Crippen LogP contribution in [0.3, 0.4) is 0 Å². The average molecular weight is 465 g/mol. The lowest BCUT2D eigenvalue weighted by Gasteiger charge is -2.32. The number of hydrogen-bond acceptors (Lipinski definition) is 3. The highest BCUT2D eigenvalue weighted by Crippen LogP contribution is 2.21. The van der Waals surface area contributed by atoms with Crippen molar-refractivity contribution in [2.45, 2.75) is 39.8 Å². The van der Waals surface area contributed by atoms with E-state index in [2.05, 4.69) is 22.5 Å². The molecule has 2 amide bonds. The van der Waals surface area contributed by atoms with Crippen LogP contribution in [0.5, 0.6) is 0 Å². The Morgan fingerprint density at radius 3 is 2.55 bits per heavy atom. The second-order valence-electron chi connectivity index (χ2n) is 8.61. The van der Waals surface area contributed by atoms with E-state index in [1.807, 2.05) is 36.7 Å². The van der Waals surface area contributed by atoms with Gasteiger partial charge in [0, 0.05) is 41.5 Å². The molecule has 1 aliphatic rings. The summed E-state index contributed by atoms with van der Waals surface area (Å²) in [5, 5.41) is 8.36. The molecule has 0 unspecified atom stereocenters. The van der Waals surface area contributed by atoms with E-state index >= 15 is 0 Å². The van der Waals surface area contributed by atoms with Gasteiger partial charge in [0.2, 0.25) is 5.91 Å². The number of nitrogens with one attached hydrogen (secondary N) is 1. The maximum absolute atomic E-state index is 12.9. The number of likely N-dealkylation sites (tertiary alicyclic amines) is 1. The summed E-state index contributed by atoms with van der Waals surface area (Å²) in [7, 11) is 0. The number of amides is 2. The number of carbonyl (C=O) groups excluding carboxylic acids is 2.